The largest absolute Gasteiger partial charge is 0.316 e. The van der Waals surface area contributed by atoms with E-state index in [4.69, 9.17) is 5.10 Å². The zero-order valence-electron chi connectivity index (χ0n) is 14.9. The molecule has 0 saturated heterocycles. The molecule has 3 nitrogen and oxygen atoms in total. The Balaban J connectivity index is 2.70. The Morgan fingerprint density at radius 2 is 1.86 bits per heavy atom. The van der Waals surface area contributed by atoms with Crippen LogP contribution in [-0.4, -0.2) is 22.9 Å². The molecule has 21 heavy (non-hydrogen) atoms. The average Bonchev–Trinajstić information content (AvgIpc) is 2.93. The third kappa shape index (κ3) is 5.46. The van der Waals surface area contributed by atoms with E-state index in [9.17, 15) is 0 Å². The number of hydrogen-bond acceptors (Lipinski definition) is 2. The molecule has 0 amide bonds. The van der Waals surface area contributed by atoms with Gasteiger partial charge in [0.2, 0.25) is 0 Å². The normalized spacial score (nSPS) is 13.9. The summed E-state index contributed by atoms with van der Waals surface area (Å²) in [4.78, 5) is 0. The maximum Gasteiger partial charge on any atom is 0.0630 e. The van der Waals surface area contributed by atoms with Gasteiger partial charge in [-0.15, -0.1) is 0 Å². The molecule has 122 valence electrons. The van der Waals surface area contributed by atoms with Crippen molar-refractivity contribution in [2.45, 2.75) is 73.3 Å². The zero-order valence-corrected chi connectivity index (χ0v) is 14.9. The Labute approximate surface area is 131 Å². The summed E-state index contributed by atoms with van der Waals surface area (Å²) in [5, 5.41) is 8.45. The Hall–Kier alpha value is -0.830. The highest BCUT2D eigenvalue weighted by Gasteiger charge is 2.27. The fraction of sp³-hybridized carbons (Fsp3) is 0.833. The van der Waals surface area contributed by atoms with Gasteiger partial charge in [-0.25, -0.2) is 0 Å². The van der Waals surface area contributed by atoms with Gasteiger partial charge in [0.15, 0.2) is 0 Å². The van der Waals surface area contributed by atoms with Crippen LogP contribution < -0.4 is 5.32 Å². The van der Waals surface area contributed by atoms with Gasteiger partial charge in [-0.05, 0) is 56.6 Å². The second-order valence-corrected chi connectivity index (χ2v) is 6.95. The van der Waals surface area contributed by atoms with E-state index in [2.05, 4.69) is 63.8 Å². The molecule has 1 rings (SSSR count). The van der Waals surface area contributed by atoms with Crippen molar-refractivity contribution in [2.24, 2.45) is 11.3 Å². The molecule has 0 aliphatic heterocycles. The SMILES string of the molecule is CCC(C)n1ccc(CC(CC)(CC)CNCC(C)C)n1. The highest BCUT2D eigenvalue weighted by atomic mass is 15.3. The van der Waals surface area contributed by atoms with Gasteiger partial charge in [0.25, 0.3) is 0 Å². The van der Waals surface area contributed by atoms with E-state index in [0.717, 1.165) is 25.9 Å². The summed E-state index contributed by atoms with van der Waals surface area (Å²) in [6, 6.07) is 2.70. The molecule has 3 heteroatoms. The van der Waals surface area contributed by atoms with E-state index >= 15 is 0 Å². The first-order valence-corrected chi connectivity index (χ1v) is 8.71. The fourth-order valence-corrected chi connectivity index (χ4v) is 2.73. The lowest BCUT2D eigenvalue weighted by molar-refractivity contribution is 0.239. The second kappa shape index (κ2) is 8.57. The van der Waals surface area contributed by atoms with Crippen LogP contribution in [0, 0.1) is 11.3 Å². The van der Waals surface area contributed by atoms with Crippen molar-refractivity contribution in [2.75, 3.05) is 13.1 Å². The summed E-state index contributed by atoms with van der Waals surface area (Å²) in [5.41, 5.74) is 1.58. The summed E-state index contributed by atoms with van der Waals surface area (Å²) < 4.78 is 2.12. The van der Waals surface area contributed by atoms with Crippen molar-refractivity contribution < 1.29 is 0 Å². The summed E-state index contributed by atoms with van der Waals surface area (Å²) >= 11 is 0. The molecular formula is C18H35N3. The molecule has 1 atom stereocenters. The first-order valence-electron chi connectivity index (χ1n) is 8.71. The van der Waals surface area contributed by atoms with Crippen molar-refractivity contribution >= 4 is 0 Å². The molecule has 0 spiro atoms. The molecule has 1 heterocycles. The first-order chi connectivity index (χ1) is 9.96. The Bertz CT molecular complexity index is 391. The van der Waals surface area contributed by atoms with Gasteiger partial charge in [0.1, 0.15) is 0 Å². The standard InChI is InChI=1S/C18H35N3/c1-7-16(6)21-11-10-17(20-21)12-18(8-2,9-3)14-19-13-15(4)5/h10-11,15-16,19H,7-9,12-14H2,1-6H3. The molecule has 0 fully saturated rings. The van der Waals surface area contributed by atoms with E-state index in [1.165, 1.54) is 18.5 Å². The van der Waals surface area contributed by atoms with E-state index in [1.54, 1.807) is 0 Å². The minimum absolute atomic E-state index is 0.337. The Morgan fingerprint density at radius 3 is 2.38 bits per heavy atom. The molecule has 1 unspecified atom stereocenters. The van der Waals surface area contributed by atoms with Gasteiger partial charge in [0.05, 0.1) is 5.69 Å². The van der Waals surface area contributed by atoms with Gasteiger partial charge in [-0.1, -0.05) is 34.6 Å². The summed E-state index contributed by atoms with van der Waals surface area (Å²) in [7, 11) is 0. The molecule has 0 aliphatic carbocycles. The minimum atomic E-state index is 0.337. The van der Waals surface area contributed by atoms with Gasteiger partial charge in [-0.2, -0.15) is 5.10 Å². The number of hydrogen-bond donors (Lipinski definition) is 1. The maximum atomic E-state index is 4.79. The van der Waals surface area contributed by atoms with Crippen LogP contribution in [0.5, 0.6) is 0 Å². The number of nitrogens with one attached hydrogen (secondary N) is 1. The lowest BCUT2D eigenvalue weighted by atomic mass is 9.78. The Morgan fingerprint density at radius 1 is 1.19 bits per heavy atom. The lowest BCUT2D eigenvalue weighted by Crippen LogP contribution is -2.37. The van der Waals surface area contributed by atoms with Gasteiger partial charge >= 0.3 is 0 Å². The number of aromatic nitrogens is 2. The monoisotopic (exact) mass is 293 g/mol. The van der Waals surface area contributed by atoms with Gasteiger partial charge < -0.3 is 5.32 Å². The predicted octanol–water partition coefficient (Wildman–Crippen LogP) is 4.45. The van der Waals surface area contributed by atoms with Crippen LogP contribution in [0.3, 0.4) is 0 Å². The van der Waals surface area contributed by atoms with Crippen molar-refractivity contribution in [3.63, 3.8) is 0 Å². The van der Waals surface area contributed by atoms with E-state index in [1.807, 2.05) is 0 Å². The van der Waals surface area contributed by atoms with Crippen LogP contribution in [-0.2, 0) is 6.42 Å². The van der Waals surface area contributed by atoms with Crippen molar-refractivity contribution in [1.29, 1.82) is 0 Å². The van der Waals surface area contributed by atoms with Crippen LogP contribution >= 0.6 is 0 Å². The third-order valence-electron chi connectivity index (χ3n) is 4.81. The molecule has 1 N–H and O–H groups in total. The number of rotatable bonds is 10. The zero-order chi connectivity index (χ0) is 15.9. The van der Waals surface area contributed by atoms with Crippen LogP contribution in [0.4, 0.5) is 0 Å². The van der Waals surface area contributed by atoms with Crippen LogP contribution in [0.1, 0.15) is 72.5 Å². The fourth-order valence-electron chi connectivity index (χ4n) is 2.73. The van der Waals surface area contributed by atoms with Gasteiger partial charge in [-0.3, -0.25) is 4.68 Å². The lowest BCUT2D eigenvalue weighted by Gasteiger charge is -2.32. The molecule has 0 aliphatic rings. The molecule has 0 radical (unpaired) electrons. The van der Waals surface area contributed by atoms with Crippen molar-refractivity contribution in [1.82, 2.24) is 15.1 Å². The van der Waals surface area contributed by atoms with Crippen LogP contribution in [0.15, 0.2) is 12.3 Å². The first kappa shape index (κ1) is 18.2. The molecule has 0 saturated carbocycles. The molecule has 1 aromatic heterocycles. The molecular weight excluding hydrogens is 258 g/mol. The van der Waals surface area contributed by atoms with E-state index < -0.39 is 0 Å². The Kier molecular flexibility index (Phi) is 7.44. The number of nitrogens with zero attached hydrogens (tertiary/aromatic N) is 2. The average molecular weight is 293 g/mol. The van der Waals surface area contributed by atoms with Crippen LogP contribution in [0.2, 0.25) is 0 Å². The maximum absolute atomic E-state index is 4.79. The van der Waals surface area contributed by atoms with E-state index in [-0.39, 0.29) is 0 Å². The van der Waals surface area contributed by atoms with Crippen LogP contribution in [0.25, 0.3) is 0 Å². The molecule has 0 aromatic carbocycles. The quantitative estimate of drug-likeness (QED) is 0.691. The van der Waals surface area contributed by atoms with Gasteiger partial charge in [0, 0.05) is 18.8 Å². The predicted molar refractivity (Wildman–Crippen MR) is 91.7 cm³/mol. The summed E-state index contributed by atoms with van der Waals surface area (Å²) in [5.74, 6) is 0.709. The third-order valence-corrected chi connectivity index (χ3v) is 4.81. The smallest absolute Gasteiger partial charge is 0.0630 e. The summed E-state index contributed by atoms with van der Waals surface area (Å²) in [6.45, 7) is 15.8. The highest BCUT2D eigenvalue weighted by molar-refractivity contribution is 5.04. The van der Waals surface area contributed by atoms with E-state index in [0.29, 0.717) is 17.4 Å². The molecule has 1 aromatic rings. The highest BCUT2D eigenvalue weighted by Crippen LogP contribution is 2.30. The van der Waals surface area contributed by atoms with Crippen molar-refractivity contribution in [3.05, 3.63) is 18.0 Å². The van der Waals surface area contributed by atoms with Crippen molar-refractivity contribution in [3.8, 4) is 0 Å². The topological polar surface area (TPSA) is 29.9 Å². The molecule has 0 bridgehead atoms. The second-order valence-electron chi connectivity index (χ2n) is 6.95. The summed E-state index contributed by atoms with van der Waals surface area (Å²) in [6.07, 6.45) is 6.75. The minimum Gasteiger partial charge on any atom is -0.316 e.